The van der Waals surface area contributed by atoms with Gasteiger partial charge < -0.3 is 4.74 Å². The van der Waals surface area contributed by atoms with E-state index < -0.39 is 0 Å². The largest absolute Gasteiger partial charge is 0.379 e. The fourth-order valence-corrected chi connectivity index (χ4v) is 0.930. The van der Waals surface area contributed by atoms with Crippen LogP contribution in [0.2, 0.25) is 0 Å². The highest BCUT2D eigenvalue weighted by molar-refractivity contribution is 4.51. The lowest BCUT2D eigenvalue weighted by Crippen LogP contribution is -2.37. The van der Waals surface area contributed by atoms with Gasteiger partial charge in [-0.3, -0.25) is 4.84 Å². The summed E-state index contributed by atoms with van der Waals surface area (Å²) in [4.78, 5) is 5.50. The molecule has 0 aromatic heterocycles. The summed E-state index contributed by atoms with van der Waals surface area (Å²) in [6, 6.07) is 0. The van der Waals surface area contributed by atoms with E-state index in [-0.39, 0.29) is 0 Å². The Bertz CT molecular complexity index is 100. The highest BCUT2D eigenvalue weighted by atomic mass is 16.7. The first-order valence-electron chi connectivity index (χ1n) is 4.24. The van der Waals surface area contributed by atoms with E-state index in [2.05, 4.69) is 13.8 Å². The van der Waals surface area contributed by atoms with Crippen LogP contribution in [0.1, 0.15) is 13.8 Å². The molecule has 0 aromatic rings. The average Bonchev–Trinajstić information content (AvgIpc) is 2.03. The minimum Gasteiger partial charge on any atom is -0.379 e. The third kappa shape index (κ3) is 3.70. The SMILES string of the molecule is CC(C)CON1CCOCC1. The summed E-state index contributed by atoms with van der Waals surface area (Å²) < 4.78 is 5.18. The fourth-order valence-electron chi connectivity index (χ4n) is 0.930. The zero-order valence-corrected chi connectivity index (χ0v) is 7.38. The van der Waals surface area contributed by atoms with Crippen LogP contribution in [0.4, 0.5) is 0 Å². The molecule has 1 rings (SSSR count). The van der Waals surface area contributed by atoms with Crippen LogP contribution < -0.4 is 0 Å². The van der Waals surface area contributed by atoms with E-state index in [1.54, 1.807) is 0 Å². The van der Waals surface area contributed by atoms with E-state index >= 15 is 0 Å². The van der Waals surface area contributed by atoms with Crippen molar-refractivity contribution in [3.8, 4) is 0 Å². The van der Waals surface area contributed by atoms with Gasteiger partial charge in [-0.15, -0.1) is 0 Å². The molecule has 0 N–H and O–H groups in total. The Balaban J connectivity index is 2.05. The van der Waals surface area contributed by atoms with E-state index in [1.807, 2.05) is 5.06 Å². The molecule has 1 saturated heterocycles. The first kappa shape index (κ1) is 8.97. The van der Waals surface area contributed by atoms with Gasteiger partial charge in [-0.1, -0.05) is 13.8 Å². The second-order valence-electron chi connectivity index (χ2n) is 3.23. The maximum absolute atomic E-state index is 5.50. The molecule has 1 aliphatic rings. The molecule has 0 amide bonds. The Morgan fingerprint density at radius 1 is 1.36 bits per heavy atom. The van der Waals surface area contributed by atoms with E-state index in [0.717, 1.165) is 32.9 Å². The normalized spacial score (nSPS) is 21.0. The van der Waals surface area contributed by atoms with Crippen molar-refractivity contribution in [1.29, 1.82) is 0 Å². The summed E-state index contributed by atoms with van der Waals surface area (Å²) in [7, 11) is 0. The van der Waals surface area contributed by atoms with Crippen molar-refractivity contribution in [2.75, 3.05) is 32.9 Å². The van der Waals surface area contributed by atoms with Gasteiger partial charge in [-0.25, -0.2) is 0 Å². The van der Waals surface area contributed by atoms with Gasteiger partial charge in [0.15, 0.2) is 0 Å². The van der Waals surface area contributed by atoms with Gasteiger partial charge in [0.25, 0.3) is 0 Å². The van der Waals surface area contributed by atoms with E-state index in [9.17, 15) is 0 Å². The third-order valence-corrected chi connectivity index (χ3v) is 1.56. The van der Waals surface area contributed by atoms with Crippen LogP contribution >= 0.6 is 0 Å². The monoisotopic (exact) mass is 159 g/mol. The van der Waals surface area contributed by atoms with E-state index in [0.29, 0.717) is 5.92 Å². The molecule has 0 radical (unpaired) electrons. The summed E-state index contributed by atoms with van der Waals surface area (Å²) in [6.45, 7) is 8.55. The zero-order valence-electron chi connectivity index (χ0n) is 7.38. The molecule has 0 unspecified atom stereocenters. The molecule has 1 aliphatic heterocycles. The Kier molecular flexibility index (Phi) is 3.83. The van der Waals surface area contributed by atoms with Gasteiger partial charge in [0.2, 0.25) is 0 Å². The lowest BCUT2D eigenvalue weighted by molar-refractivity contribution is -0.199. The summed E-state index contributed by atoms with van der Waals surface area (Å²) in [6.07, 6.45) is 0. The van der Waals surface area contributed by atoms with Crippen LogP contribution in [0, 0.1) is 5.92 Å². The van der Waals surface area contributed by atoms with Crippen molar-refractivity contribution in [2.24, 2.45) is 5.92 Å². The van der Waals surface area contributed by atoms with Crippen molar-refractivity contribution in [3.05, 3.63) is 0 Å². The van der Waals surface area contributed by atoms with Crippen LogP contribution in [-0.4, -0.2) is 38.0 Å². The van der Waals surface area contributed by atoms with Crippen LogP contribution in [0.25, 0.3) is 0 Å². The molecule has 0 spiro atoms. The summed E-state index contributed by atoms with van der Waals surface area (Å²) in [5.41, 5.74) is 0. The van der Waals surface area contributed by atoms with Crippen LogP contribution in [0.15, 0.2) is 0 Å². The predicted octanol–water partition coefficient (Wildman–Crippen LogP) is 0.906. The molecule has 11 heavy (non-hydrogen) atoms. The minimum absolute atomic E-state index is 0.609. The minimum atomic E-state index is 0.609. The second kappa shape index (κ2) is 4.70. The first-order chi connectivity index (χ1) is 5.29. The molecule has 0 saturated carbocycles. The van der Waals surface area contributed by atoms with Crippen molar-refractivity contribution < 1.29 is 9.57 Å². The van der Waals surface area contributed by atoms with Crippen molar-refractivity contribution in [3.63, 3.8) is 0 Å². The number of hydrogen-bond acceptors (Lipinski definition) is 3. The predicted molar refractivity (Wildman–Crippen MR) is 43.2 cm³/mol. The smallest absolute Gasteiger partial charge is 0.0708 e. The van der Waals surface area contributed by atoms with Gasteiger partial charge in [0.05, 0.1) is 19.8 Å². The maximum Gasteiger partial charge on any atom is 0.0708 e. The standard InChI is InChI=1S/C8H17NO2/c1-8(2)7-11-9-3-5-10-6-4-9/h8H,3-7H2,1-2H3. The van der Waals surface area contributed by atoms with Crippen molar-refractivity contribution in [2.45, 2.75) is 13.8 Å². The quantitative estimate of drug-likeness (QED) is 0.611. The topological polar surface area (TPSA) is 21.7 Å². The molecule has 0 atom stereocenters. The van der Waals surface area contributed by atoms with E-state index in [4.69, 9.17) is 9.57 Å². The molecule has 1 heterocycles. The van der Waals surface area contributed by atoms with Gasteiger partial charge in [0, 0.05) is 13.1 Å². The molecule has 66 valence electrons. The summed E-state index contributed by atoms with van der Waals surface area (Å²) in [5.74, 6) is 0.609. The summed E-state index contributed by atoms with van der Waals surface area (Å²) in [5, 5.41) is 1.99. The van der Waals surface area contributed by atoms with Crippen LogP contribution in [-0.2, 0) is 9.57 Å². The zero-order chi connectivity index (χ0) is 8.10. The Morgan fingerprint density at radius 2 is 2.00 bits per heavy atom. The second-order valence-corrected chi connectivity index (χ2v) is 3.23. The Morgan fingerprint density at radius 3 is 2.55 bits per heavy atom. The molecule has 0 bridgehead atoms. The van der Waals surface area contributed by atoms with Gasteiger partial charge >= 0.3 is 0 Å². The number of hydroxylamine groups is 2. The highest BCUT2D eigenvalue weighted by Gasteiger charge is 2.10. The van der Waals surface area contributed by atoms with Crippen molar-refractivity contribution in [1.82, 2.24) is 5.06 Å². The molecule has 3 heteroatoms. The first-order valence-corrected chi connectivity index (χ1v) is 4.24. The number of morpholine rings is 1. The lowest BCUT2D eigenvalue weighted by Gasteiger charge is -2.26. The van der Waals surface area contributed by atoms with Crippen LogP contribution in [0.3, 0.4) is 0 Å². The number of ether oxygens (including phenoxy) is 1. The van der Waals surface area contributed by atoms with Crippen molar-refractivity contribution >= 4 is 0 Å². The van der Waals surface area contributed by atoms with E-state index in [1.165, 1.54) is 0 Å². The Hall–Kier alpha value is -0.120. The molecule has 3 nitrogen and oxygen atoms in total. The lowest BCUT2D eigenvalue weighted by atomic mass is 10.2. The molecule has 1 fully saturated rings. The van der Waals surface area contributed by atoms with Crippen LogP contribution in [0.5, 0.6) is 0 Å². The number of rotatable bonds is 3. The molecule has 0 aliphatic carbocycles. The third-order valence-electron chi connectivity index (χ3n) is 1.56. The Labute approximate surface area is 68.2 Å². The molecular weight excluding hydrogens is 142 g/mol. The average molecular weight is 159 g/mol. The number of nitrogens with zero attached hydrogens (tertiary/aromatic N) is 1. The molecule has 0 aromatic carbocycles. The van der Waals surface area contributed by atoms with Gasteiger partial charge in [-0.05, 0) is 5.92 Å². The summed E-state index contributed by atoms with van der Waals surface area (Å²) >= 11 is 0. The van der Waals surface area contributed by atoms with Gasteiger partial charge in [-0.2, -0.15) is 5.06 Å². The highest BCUT2D eigenvalue weighted by Crippen LogP contribution is 2.00. The fraction of sp³-hybridized carbons (Fsp3) is 1.00. The molecular formula is C8H17NO2. The maximum atomic E-state index is 5.50. The number of hydrogen-bond donors (Lipinski definition) is 0. The van der Waals surface area contributed by atoms with Gasteiger partial charge in [0.1, 0.15) is 0 Å².